The summed E-state index contributed by atoms with van der Waals surface area (Å²) >= 11 is 0. The lowest BCUT2D eigenvalue weighted by Gasteiger charge is -2.27. The molecule has 0 saturated heterocycles. The van der Waals surface area contributed by atoms with Crippen LogP contribution in [0.25, 0.3) is 5.69 Å². The summed E-state index contributed by atoms with van der Waals surface area (Å²) in [5, 5.41) is 20.8. The lowest BCUT2D eigenvalue weighted by atomic mass is 9.83. The number of aromatic nitrogens is 4. The summed E-state index contributed by atoms with van der Waals surface area (Å²) in [6, 6.07) is 6.02. The monoisotopic (exact) mass is 379 g/mol. The van der Waals surface area contributed by atoms with E-state index in [1.165, 1.54) is 4.68 Å². The van der Waals surface area contributed by atoms with Gasteiger partial charge in [-0.1, -0.05) is 17.7 Å². The summed E-state index contributed by atoms with van der Waals surface area (Å²) < 4.78 is 3.17. The maximum atomic E-state index is 12.5. The normalized spacial score (nSPS) is 16.0. The second-order valence-corrected chi connectivity index (χ2v) is 7.17. The van der Waals surface area contributed by atoms with Crippen LogP contribution in [0.1, 0.15) is 40.3 Å². The maximum absolute atomic E-state index is 12.5. The molecule has 144 valence electrons. The first-order valence-corrected chi connectivity index (χ1v) is 9.05. The summed E-state index contributed by atoms with van der Waals surface area (Å²) in [6.45, 7) is 5.59. The van der Waals surface area contributed by atoms with Crippen molar-refractivity contribution in [1.29, 1.82) is 0 Å². The van der Waals surface area contributed by atoms with E-state index in [1.807, 2.05) is 37.7 Å². The van der Waals surface area contributed by atoms with E-state index in [-0.39, 0.29) is 24.8 Å². The predicted molar refractivity (Wildman–Crippen MR) is 103 cm³/mol. The van der Waals surface area contributed by atoms with Crippen molar-refractivity contribution in [3.8, 4) is 5.69 Å². The first kappa shape index (κ1) is 18.0. The van der Waals surface area contributed by atoms with Gasteiger partial charge in [-0.15, -0.1) is 0 Å². The number of carboxylic acid groups (broad SMARTS) is 1. The lowest BCUT2D eigenvalue weighted by Crippen LogP contribution is -2.26. The van der Waals surface area contributed by atoms with Gasteiger partial charge in [0.15, 0.2) is 0 Å². The second-order valence-electron chi connectivity index (χ2n) is 7.17. The number of nitrogens with zero attached hydrogens (tertiary/aromatic N) is 4. The van der Waals surface area contributed by atoms with Crippen LogP contribution in [0.2, 0.25) is 0 Å². The molecule has 4 rings (SSSR count). The molecule has 1 aromatic carbocycles. The predicted octanol–water partition coefficient (Wildman–Crippen LogP) is 2.55. The largest absolute Gasteiger partial charge is 0.480 e. The van der Waals surface area contributed by atoms with E-state index in [9.17, 15) is 14.7 Å². The molecule has 3 aromatic rings. The summed E-state index contributed by atoms with van der Waals surface area (Å²) in [5.41, 5.74) is 5.64. The van der Waals surface area contributed by atoms with E-state index < -0.39 is 5.97 Å². The molecule has 1 aliphatic heterocycles. The highest BCUT2D eigenvalue weighted by atomic mass is 16.4. The third-order valence-corrected chi connectivity index (χ3v) is 5.04. The molecule has 28 heavy (non-hydrogen) atoms. The fraction of sp³-hybridized carbons (Fsp3) is 0.300. The number of anilines is 1. The van der Waals surface area contributed by atoms with E-state index in [4.69, 9.17) is 0 Å². The average Bonchev–Trinajstić information content (AvgIpc) is 3.22. The van der Waals surface area contributed by atoms with Crippen molar-refractivity contribution in [2.24, 2.45) is 0 Å². The summed E-state index contributed by atoms with van der Waals surface area (Å²) in [4.78, 5) is 23.7. The number of aliphatic carboxylic acids is 1. The van der Waals surface area contributed by atoms with Crippen LogP contribution in [0.15, 0.2) is 30.6 Å². The van der Waals surface area contributed by atoms with E-state index in [0.29, 0.717) is 11.5 Å². The Kier molecular flexibility index (Phi) is 4.26. The highest BCUT2D eigenvalue weighted by Crippen LogP contribution is 2.42. The third-order valence-electron chi connectivity index (χ3n) is 5.04. The van der Waals surface area contributed by atoms with Crippen molar-refractivity contribution >= 4 is 17.7 Å². The number of carbonyl (C=O) groups excluding carboxylic acids is 1. The van der Waals surface area contributed by atoms with Gasteiger partial charge in [-0.3, -0.25) is 9.59 Å². The van der Waals surface area contributed by atoms with Gasteiger partial charge in [0.2, 0.25) is 5.91 Å². The number of amides is 1. The Morgan fingerprint density at radius 2 is 2.11 bits per heavy atom. The molecule has 0 aliphatic carbocycles. The maximum Gasteiger partial charge on any atom is 0.325 e. The third kappa shape index (κ3) is 2.96. The van der Waals surface area contributed by atoms with Crippen molar-refractivity contribution in [1.82, 2.24) is 19.6 Å². The number of carbonyl (C=O) groups is 2. The Morgan fingerprint density at radius 1 is 1.32 bits per heavy atom. The minimum Gasteiger partial charge on any atom is -0.480 e. The quantitative estimate of drug-likeness (QED) is 0.725. The van der Waals surface area contributed by atoms with Crippen LogP contribution in [-0.4, -0.2) is 36.5 Å². The molecular formula is C20H21N5O3. The molecule has 1 unspecified atom stereocenters. The summed E-state index contributed by atoms with van der Waals surface area (Å²) in [6.07, 6.45) is 3.87. The number of carboxylic acids is 1. The molecule has 0 saturated carbocycles. The zero-order chi connectivity index (χ0) is 20.0. The van der Waals surface area contributed by atoms with Crippen LogP contribution >= 0.6 is 0 Å². The van der Waals surface area contributed by atoms with Gasteiger partial charge in [0.1, 0.15) is 12.4 Å². The number of hydrogen-bond acceptors (Lipinski definition) is 4. The molecule has 2 aromatic heterocycles. The molecular weight excluding hydrogens is 358 g/mol. The van der Waals surface area contributed by atoms with Crippen LogP contribution < -0.4 is 5.32 Å². The molecule has 1 aliphatic rings. The Balaban J connectivity index is 1.94. The van der Waals surface area contributed by atoms with Crippen LogP contribution in [-0.2, 0) is 16.1 Å². The molecule has 8 nitrogen and oxygen atoms in total. The number of aryl methyl sites for hydroxylation is 3. The zero-order valence-corrected chi connectivity index (χ0v) is 15.9. The molecule has 3 heterocycles. The van der Waals surface area contributed by atoms with E-state index in [0.717, 1.165) is 27.9 Å². The van der Waals surface area contributed by atoms with Gasteiger partial charge in [0.05, 0.1) is 11.4 Å². The molecule has 8 heteroatoms. The van der Waals surface area contributed by atoms with Crippen LogP contribution in [0, 0.1) is 20.8 Å². The van der Waals surface area contributed by atoms with Gasteiger partial charge in [-0.2, -0.15) is 10.2 Å². The summed E-state index contributed by atoms with van der Waals surface area (Å²) in [7, 11) is 0. The number of nitrogens with one attached hydrogen (secondary N) is 1. The minimum atomic E-state index is -1.01. The second kappa shape index (κ2) is 6.63. The number of hydrogen-bond donors (Lipinski definition) is 2. The van der Waals surface area contributed by atoms with Gasteiger partial charge >= 0.3 is 5.97 Å². The molecule has 2 N–H and O–H groups in total. The molecule has 0 spiro atoms. The van der Waals surface area contributed by atoms with Crippen molar-refractivity contribution in [3.05, 3.63) is 58.5 Å². The molecule has 1 amide bonds. The van der Waals surface area contributed by atoms with Crippen molar-refractivity contribution in [2.45, 2.75) is 39.7 Å². The topological polar surface area (TPSA) is 102 Å². The van der Waals surface area contributed by atoms with Crippen LogP contribution in [0.5, 0.6) is 0 Å². The van der Waals surface area contributed by atoms with Crippen LogP contribution in [0.3, 0.4) is 0 Å². The first-order chi connectivity index (χ1) is 13.3. The van der Waals surface area contributed by atoms with Gasteiger partial charge < -0.3 is 10.4 Å². The molecule has 1 atom stereocenters. The summed E-state index contributed by atoms with van der Waals surface area (Å²) in [5.74, 6) is -0.935. The van der Waals surface area contributed by atoms with Crippen LogP contribution in [0.4, 0.5) is 5.82 Å². The van der Waals surface area contributed by atoms with E-state index in [2.05, 4.69) is 27.6 Å². The van der Waals surface area contributed by atoms with Crippen molar-refractivity contribution in [3.63, 3.8) is 0 Å². The lowest BCUT2D eigenvalue weighted by molar-refractivity contribution is -0.137. The van der Waals surface area contributed by atoms with Gasteiger partial charge in [0.25, 0.3) is 0 Å². The van der Waals surface area contributed by atoms with Crippen molar-refractivity contribution < 1.29 is 14.7 Å². The SMILES string of the molecule is Cc1cc(C)c(-n2cccn2)c(C2CC(=O)Nc3c2c(C)nn3CC(=O)O)c1. The Bertz CT molecular complexity index is 1080. The fourth-order valence-corrected chi connectivity index (χ4v) is 4.10. The van der Waals surface area contributed by atoms with Gasteiger partial charge in [-0.05, 0) is 38.0 Å². The highest BCUT2D eigenvalue weighted by Gasteiger charge is 2.34. The zero-order valence-electron chi connectivity index (χ0n) is 15.9. The molecule has 0 radical (unpaired) electrons. The van der Waals surface area contributed by atoms with Gasteiger partial charge in [0, 0.05) is 30.3 Å². The average molecular weight is 379 g/mol. The minimum absolute atomic E-state index is 0.158. The smallest absolute Gasteiger partial charge is 0.325 e. The first-order valence-electron chi connectivity index (χ1n) is 9.05. The Morgan fingerprint density at radius 3 is 2.79 bits per heavy atom. The Labute approximate surface area is 161 Å². The van der Waals surface area contributed by atoms with E-state index >= 15 is 0 Å². The van der Waals surface area contributed by atoms with Gasteiger partial charge in [-0.25, -0.2) is 9.36 Å². The number of rotatable bonds is 4. The number of benzene rings is 1. The van der Waals surface area contributed by atoms with E-state index in [1.54, 1.807) is 6.20 Å². The highest BCUT2D eigenvalue weighted by molar-refractivity contribution is 5.95. The Hall–Kier alpha value is -3.42. The van der Waals surface area contributed by atoms with Crippen molar-refractivity contribution in [2.75, 3.05) is 5.32 Å². The molecule has 0 fully saturated rings. The number of fused-ring (bicyclic) bond motifs is 1. The molecule has 0 bridgehead atoms. The standard InChI is InChI=1S/C20H21N5O3/c1-11-7-12(2)19(24-6-4-5-21-24)15(8-11)14-9-16(26)22-20-18(14)13(3)23-25(20)10-17(27)28/h4-8,14H,9-10H2,1-3H3,(H,22,26)(H,27,28). The fourth-order valence-electron chi connectivity index (χ4n) is 4.10.